The van der Waals surface area contributed by atoms with Gasteiger partial charge >= 0.3 is 12.4 Å². The molecule has 0 aliphatic rings. The molecule has 0 spiro atoms. The smallest absolute Gasteiger partial charge is 0.236 e. The number of rotatable bonds is 2. The van der Waals surface area contributed by atoms with Gasteiger partial charge in [-0.1, -0.05) is 23.7 Å². The van der Waals surface area contributed by atoms with E-state index in [2.05, 4.69) is 4.98 Å². The van der Waals surface area contributed by atoms with Crippen molar-refractivity contribution >= 4 is 22.9 Å². The highest BCUT2D eigenvalue weighted by Crippen LogP contribution is 2.39. The Kier molecular flexibility index (Phi) is 4.74. The zero-order valence-electron chi connectivity index (χ0n) is 12.6. The molecule has 0 aliphatic heterocycles. The molecule has 0 radical (unpaired) electrons. The topological polar surface area (TPSA) is 12.9 Å². The van der Waals surface area contributed by atoms with E-state index in [1.165, 1.54) is 0 Å². The Morgan fingerprint density at radius 3 is 1.81 bits per heavy atom. The summed E-state index contributed by atoms with van der Waals surface area (Å²) in [6, 6.07) is 7.98. The number of hydrogen-bond acceptors (Lipinski definition) is 2. The predicted molar refractivity (Wildman–Crippen MR) is 88.0 cm³/mol. The van der Waals surface area contributed by atoms with Gasteiger partial charge in [0, 0.05) is 21.5 Å². The SMILES string of the molecule is FC(F)(F)c1cc(-c2nc(-c3ccc(Cl)cc3)cs2)cc(C(F)(F)F)c1. The molecule has 0 aliphatic carbocycles. The summed E-state index contributed by atoms with van der Waals surface area (Å²) >= 11 is 6.75. The molecule has 1 heterocycles. The lowest BCUT2D eigenvalue weighted by atomic mass is 10.0. The molecular weight excluding hydrogens is 400 g/mol. The van der Waals surface area contributed by atoms with Crippen LogP contribution in [-0.2, 0) is 12.4 Å². The molecule has 2 aromatic carbocycles. The number of halogens is 7. The van der Waals surface area contributed by atoms with Crippen LogP contribution in [0.2, 0.25) is 5.02 Å². The molecule has 0 atom stereocenters. The minimum absolute atomic E-state index is 0.0616. The standard InChI is InChI=1S/C17H8ClF6NS/c18-13-3-1-9(2-4-13)14-8-26-15(25-14)10-5-11(16(19,20)21)7-12(6-10)17(22,23)24/h1-8H. The van der Waals surface area contributed by atoms with Gasteiger partial charge in [0.15, 0.2) is 0 Å². The lowest BCUT2D eigenvalue weighted by Crippen LogP contribution is -2.11. The minimum Gasteiger partial charge on any atom is -0.236 e. The first-order valence-electron chi connectivity index (χ1n) is 7.05. The van der Waals surface area contributed by atoms with Crippen LogP contribution in [0.15, 0.2) is 47.8 Å². The number of thiazole rings is 1. The van der Waals surface area contributed by atoms with E-state index in [4.69, 9.17) is 11.6 Å². The largest absolute Gasteiger partial charge is 0.416 e. The normalized spacial score (nSPS) is 12.4. The zero-order valence-corrected chi connectivity index (χ0v) is 14.2. The molecule has 3 rings (SSSR count). The second-order valence-electron chi connectivity index (χ2n) is 5.34. The molecule has 3 aromatic rings. The highest BCUT2D eigenvalue weighted by molar-refractivity contribution is 7.13. The van der Waals surface area contributed by atoms with Gasteiger partial charge in [0.2, 0.25) is 0 Å². The Morgan fingerprint density at radius 1 is 0.769 bits per heavy atom. The van der Waals surface area contributed by atoms with Gasteiger partial charge in [-0.15, -0.1) is 11.3 Å². The van der Waals surface area contributed by atoms with Crippen molar-refractivity contribution in [2.45, 2.75) is 12.4 Å². The van der Waals surface area contributed by atoms with Crippen molar-refractivity contribution in [3.05, 3.63) is 64.0 Å². The summed E-state index contributed by atoms with van der Waals surface area (Å²) in [5.41, 5.74) is -1.89. The van der Waals surface area contributed by atoms with Gasteiger partial charge in [-0.3, -0.25) is 0 Å². The molecule has 1 aromatic heterocycles. The van der Waals surface area contributed by atoms with Crippen molar-refractivity contribution in [2.75, 3.05) is 0 Å². The van der Waals surface area contributed by atoms with Crippen molar-refractivity contribution in [1.82, 2.24) is 4.98 Å². The summed E-state index contributed by atoms with van der Waals surface area (Å²) < 4.78 is 77.8. The first kappa shape index (κ1) is 18.7. The molecule has 136 valence electrons. The first-order chi connectivity index (χ1) is 12.0. The van der Waals surface area contributed by atoms with Gasteiger partial charge in [0.1, 0.15) is 5.01 Å². The highest BCUT2D eigenvalue weighted by Gasteiger charge is 2.37. The number of aromatic nitrogens is 1. The van der Waals surface area contributed by atoms with Gasteiger partial charge < -0.3 is 0 Å². The van der Waals surface area contributed by atoms with Gasteiger partial charge in [-0.2, -0.15) is 26.3 Å². The fraction of sp³-hybridized carbons (Fsp3) is 0.118. The van der Waals surface area contributed by atoms with Crippen LogP contribution in [0.4, 0.5) is 26.3 Å². The van der Waals surface area contributed by atoms with Crippen LogP contribution < -0.4 is 0 Å². The van der Waals surface area contributed by atoms with Gasteiger partial charge in [-0.05, 0) is 30.3 Å². The van der Waals surface area contributed by atoms with Gasteiger partial charge in [0.25, 0.3) is 0 Å². The number of nitrogens with zero attached hydrogens (tertiary/aromatic N) is 1. The third-order valence-corrected chi connectivity index (χ3v) is 4.62. The van der Waals surface area contributed by atoms with Gasteiger partial charge in [-0.25, -0.2) is 4.98 Å². The second-order valence-corrected chi connectivity index (χ2v) is 6.63. The zero-order chi connectivity index (χ0) is 19.1. The maximum Gasteiger partial charge on any atom is 0.416 e. The lowest BCUT2D eigenvalue weighted by molar-refractivity contribution is -0.143. The van der Waals surface area contributed by atoms with Crippen molar-refractivity contribution in [2.24, 2.45) is 0 Å². The third-order valence-electron chi connectivity index (χ3n) is 3.48. The van der Waals surface area contributed by atoms with Crippen molar-refractivity contribution < 1.29 is 26.3 Å². The number of benzene rings is 2. The van der Waals surface area contributed by atoms with E-state index in [1.54, 1.807) is 29.6 Å². The molecule has 0 N–H and O–H groups in total. The van der Waals surface area contributed by atoms with Crippen LogP contribution in [0.3, 0.4) is 0 Å². The van der Waals surface area contributed by atoms with E-state index in [0.717, 1.165) is 11.3 Å². The Hall–Kier alpha value is -2.06. The van der Waals surface area contributed by atoms with Crippen LogP contribution in [-0.4, -0.2) is 4.98 Å². The average Bonchev–Trinajstić information content (AvgIpc) is 3.03. The van der Waals surface area contributed by atoms with E-state index in [9.17, 15) is 26.3 Å². The Bertz CT molecular complexity index is 895. The maximum atomic E-state index is 13.0. The molecule has 9 heteroatoms. The maximum absolute atomic E-state index is 13.0. The fourth-order valence-electron chi connectivity index (χ4n) is 2.24. The third kappa shape index (κ3) is 4.02. The first-order valence-corrected chi connectivity index (χ1v) is 8.31. The predicted octanol–water partition coefficient (Wildman–Crippen LogP) is 7.17. The monoisotopic (exact) mass is 407 g/mol. The summed E-state index contributed by atoms with van der Waals surface area (Å²) in [4.78, 5) is 4.17. The summed E-state index contributed by atoms with van der Waals surface area (Å²) in [6.07, 6.45) is -9.79. The number of hydrogen-bond donors (Lipinski definition) is 0. The van der Waals surface area contributed by atoms with E-state index < -0.39 is 23.5 Å². The average molecular weight is 408 g/mol. The van der Waals surface area contributed by atoms with Gasteiger partial charge in [0.05, 0.1) is 16.8 Å². The van der Waals surface area contributed by atoms with Crippen molar-refractivity contribution in [1.29, 1.82) is 0 Å². The summed E-state index contributed by atoms with van der Waals surface area (Å²) in [7, 11) is 0. The van der Waals surface area contributed by atoms with E-state index >= 15 is 0 Å². The van der Waals surface area contributed by atoms with E-state index in [0.29, 0.717) is 28.4 Å². The minimum atomic E-state index is -4.90. The molecule has 0 saturated heterocycles. The van der Waals surface area contributed by atoms with E-state index in [1.807, 2.05) is 0 Å². The van der Waals surface area contributed by atoms with Crippen LogP contribution in [0, 0.1) is 0 Å². The number of alkyl halides is 6. The molecule has 0 fully saturated rings. The highest BCUT2D eigenvalue weighted by atomic mass is 35.5. The van der Waals surface area contributed by atoms with E-state index in [-0.39, 0.29) is 16.6 Å². The molecule has 0 saturated carbocycles. The Labute approximate surface area is 152 Å². The fourth-order valence-corrected chi connectivity index (χ4v) is 3.18. The van der Waals surface area contributed by atoms with Crippen LogP contribution in [0.1, 0.15) is 11.1 Å². The molecule has 1 nitrogen and oxygen atoms in total. The molecule has 26 heavy (non-hydrogen) atoms. The molecule has 0 unspecified atom stereocenters. The molecule has 0 amide bonds. The molecule has 0 bridgehead atoms. The van der Waals surface area contributed by atoms with Crippen molar-refractivity contribution in [3.8, 4) is 21.8 Å². The Morgan fingerprint density at radius 2 is 1.31 bits per heavy atom. The Balaban J connectivity index is 2.07. The quantitative estimate of drug-likeness (QED) is 0.410. The second kappa shape index (κ2) is 6.59. The summed E-state index contributed by atoms with van der Waals surface area (Å²) in [5.74, 6) is 0. The summed E-state index contributed by atoms with van der Waals surface area (Å²) in [6.45, 7) is 0. The van der Waals surface area contributed by atoms with Crippen LogP contribution in [0.5, 0.6) is 0 Å². The lowest BCUT2D eigenvalue weighted by Gasteiger charge is -2.13. The van der Waals surface area contributed by atoms with Crippen molar-refractivity contribution in [3.63, 3.8) is 0 Å². The van der Waals surface area contributed by atoms with Crippen LogP contribution in [0.25, 0.3) is 21.8 Å². The van der Waals surface area contributed by atoms with Crippen LogP contribution >= 0.6 is 22.9 Å². The molecular formula is C17H8ClF6NS. The summed E-state index contributed by atoms with van der Waals surface area (Å²) in [5, 5.41) is 2.12.